The van der Waals surface area contributed by atoms with E-state index in [4.69, 9.17) is 4.74 Å². The van der Waals surface area contributed by atoms with Crippen LogP contribution in [-0.4, -0.2) is 18.4 Å². The van der Waals surface area contributed by atoms with Gasteiger partial charge in [-0.15, -0.1) is 0 Å². The average Bonchev–Trinajstić information content (AvgIpc) is 2.89. The molecule has 0 fully saturated rings. The first-order valence-corrected chi connectivity index (χ1v) is 7.19. The van der Waals surface area contributed by atoms with E-state index in [-0.39, 0.29) is 11.8 Å². The van der Waals surface area contributed by atoms with Gasteiger partial charge in [0, 0.05) is 11.1 Å². The maximum absolute atomic E-state index is 12.9. The molecule has 3 heteroatoms. The molecule has 3 nitrogen and oxygen atoms in total. The molecule has 0 aromatic heterocycles. The van der Waals surface area contributed by atoms with E-state index in [0.717, 1.165) is 30.4 Å². The van der Waals surface area contributed by atoms with Crippen molar-refractivity contribution in [2.45, 2.75) is 32.6 Å². The average molecular weight is 270 g/mol. The molecule has 1 aromatic rings. The number of aryl methyl sites for hydroxylation is 1. The van der Waals surface area contributed by atoms with Crippen molar-refractivity contribution in [1.82, 2.24) is 0 Å². The zero-order valence-corrected chi connectivity index (χ0v) is 11.6. The van der Waals surface area contributed by atoms with Gasteiger partial charge in [-0.25, -0.2) is 4.79 Å². The SMILES string of the molecule is CCOC(=O)C1=CCCC12CCc1ccccc1C2=O. The number of fused-ring (bicyclic) bond motifs is 1. The van der Waals surface area contributed by atoms with Crippen molar-refractivity contribution in [2.75, 3.05) is 6.61 Å². The van der Waals surface area contributed by atoms with E-state index < -0.39 is 5.41 Å². The second kappa shape index (κ2) is 4.89. The Bertz CT molecular complexity index is 600. The zero-order chi connectivity index (χ0) is 14.2. The van der Waals surface area contributed by atoms with E-state index in [1.165, 1.54) is 0 Å². The van der Waals surface area contributed by atoms with Crippen molar-refractivity contribution < 1.29 is 14.3 Å². The molecule has 1 aromatic carbocycles. The monoisotopic (exact) mass is 270 g/mol. The van der Waals surface area contributed by atoms with Gasteiger partial charge >= 0.3 is 5.97 Å². The van der Waals surface area contributed by atoms with Crippen molar-refractivity contribution in [1.29, 1.82) is 0 Å². The lowest BCUT2D eigenvalue weighted by molar-refractivity contribution is -0.139. The summed E-state index contributed by atoms with van der Waals surface area (Å²) in [5.41, 5.74) is 1.81. The quantitative estimate of drug-likeness (QED) is 0.776. The van der Waals surface area contributed by atoms with Crippen molar-refractivity contribution in [3.8, 4) is 0 Å². The maximum atomic E-state index is 12.9. The van der Waals surface area contributed by atoms with Gasteiger partial charge in [0.1, 0.15) is 0 Å². The summed E-state index contributed by atoms with van der Waals surface area (Å²) in [5.74, 6) is -0.228. The molecule has 1 unspecified atom stereocenters. The van der Waals surface area contributed by atoms with Crippen LogP contribution in [-0.2, 0) is 16.0 Å². The van der Waals surface area contributed by atoms with Crippen LogP contribution in [0, 0.1) is 5.41 Å². The Morgan fingerprint density at radius 3 is 2.90 bits per heavy atom. The highest BCUT2D eigenvalue weighted by Crippen LogP contribution is 2.48. The molecule has 0 saturated carbocycles. The lowest BCUT2D eigenvalue weighted by atomic mass is 9.66. The summed E-state index contributed by atoms with van der Waals surface area (Å²) in [6.07, 6.45) is 4.96. The fourth-order valence-corrected chi connectivity index (χ4v) is 3.46. The molecule has 0 N–H and O–H groups in total. The topological polar surface area (TPSA) is 43.4 Å². The van der Waals surface area contributed by atoms with E-state index in [0.29, 0.717) is 18.6 Å². The van der Waals surface area contributed by atoms with Gasteiger partial charge < -0.3 is 4.74 Å². The van der Waals surface area contributed by atoms with Gasteiger partial charge in [-0.1, -0.05) is 30.3 Å². The van der Waals surface area contributed by atoms with Gasteiger partial charge in [0.25, 0.3) is 0 Å². The third-order valence-corrected chi connectivity index (χ3v) is 4.45. The minimum Gasteiger partial charge on any atom is -0.463 e. The Labute approximate surface area is 118 Å². The number of hydrogen-bond donors (Lipinski definition) is 0. The number of ether oxygens (including phenoxy) is 1. The van der Waals surface area contributed by atoms with E-state index in [2.05, 4.69) is 0 Å². The first-order valence-electron chi connectivity index (χ1n) is 7.19. The standard InChI is InChI=1S/C17H18O3/c1-2-20-16(19)14-8-5-10-17(14)11-9-12-6-3-4-7-13(12)15(17)18/h3-4,6-8H,2,5,9-11H2,1H3. The van der Waals surface area contributed by atoms with Crippen molar-refractivity contribution in [3.63, 3.8) is 0 Å². The highest BCUT2D eigenvalue weighted by Gasteiger charge is 2.49. The van der Waals surface area contributed by atoms with Crippen LogP contribution in [0.25, 0.3) is 0 Å². The molecule has 104 valence electrons. The summed E-state index contributed by atoms with van der Waals surface area (Å²) in [7, 11) is 0. The number of allylic oxidation sites excluding steroid dienone is 1. The number of rotatable bonds is 2. The second-order valence-corrected chi connectivity index (χ2v) is 5.45. The van der Waals surface area contributed by atoms with Gasteiger partial charge in [0.2, 0.25) is 0 Å². The molecule has 20 heavy (non-hydrogen) atoms. The number of benzene rings is 1. The molecule has 2 aliphatic carbocycles. The summed E-state index contributed by atoms with van der Waals surface area (Å²) in [5, 5.41) is 0. The van der Waals surface area contributed by atoms with Crippen LogP contribution in [0.3, 0.4) is 0 Å². The van der Waals surface area contributed by atoms with Crippen molar-refractivity contribution in [3.05, 3.63) is 47.0 Å². The van der Waals surface area contributed by atoms with Gasteiger partial charge in [0.05, 0.1) is 12.0 Å². The van der Waals surface area contributed by atoms with Crippen LogP contribution in [0.15, 0.2) is 35.9 Å². The number of esters is 1. The van der Waals surface area contributed by atoms with Gasteiger partial charge in [-0.3, -0.25) is 4.79 Å². The van der Waals surface area contributed by atoms with Crippen molar-refractivity contribution >= 4 is 11.8 Å². The van der Waals surface area contributed by atoms with Crippen LogP contribution in [0.4, 0.5) is 0 Å². The fourth-order valence-electron chi connectivity index (χ4n) is 3.46. The number of carbonyl (C=O) groups excluding carboxylic acids is 2. The Kier molecular flexibility index (Phi) is 3.20. The van der Waals surface area contributed by atoms with E-state index in [9.17, 15) is 9.59 Å². The molecule has 0 amide bonds. The smallest absolute Gasteiger partial charge is 0.334 e. The first kappa shape index (κ1) is 13.1. The Morgan fingerprint density at radius 2 is 2.10 bits per heavy atom. The maximum Gasteiger partial charge on any atom is 0.334 e. The number of hydrogen-bond acceptors (Lipinski definition) is 3. The molecule has 2 aliphatic rings. The Morgan fingerprint density at radius 1 is 1.30 bits per heavy atom. The molecule has 3 rings (SSSR count). The summed E-state index contributed by atoms with van der Waals surface area (Å²) < 4.78 is 5.13. The highest BCUT2D eigenvalue weighted by atomic mass is 16.5. The normalized spacial score (nSPS) is 24.4. The minimum atomic E-state index is -0.638. The summed E-state index contributed by atoms with van der Waals surface area (Å²) in [4.78, 5) is 25.0. The highest BCUT2D eigenvalue weighted by molar-refractivity contribution is 6.10. The van der Waals surface area contributed by atoms with E-state index in [1.54, 1.807) is 6.92 Å². The molecule has 0 saturated heterocycles. The third-order valence-electron chi connectivity index (χ3n) is 4.45. The Hall–Kier alpha value is -1.90. The van der Waals surface area contributed by atoms with Gasteiger partial charge in [0.15, 0.2) is 5.78 Å². The predicted molar refractivity (Wildman–Crippen MR) is 75.5 cm³/mol. The molecule has 0 aliphatic heterocycles. The largest absolute Gasteiger partial charge is 0.463 e. The molecular weight excluding hydrogens is 252 g/mol. The lowest BCUT2D eigenvalue weighted by Crippen LogP contribution is -2.38. The number of Topliss-reactive ketones (excluding diaryl/α,β-unsaturated/α-hetero) is 1. The van der Waals surface area contributed by atoms with Crippen molar-refractivity contribution in [2.24, 2.45) is 5.41 Å². The summed E-state index contributed by atoms with van der Waals surface area (Å²) in [6.45, 7) is 2.13. The number of ketones is 1. The van der Waals surface area contributed by atoms with E-state index >= 15 is 0 Å². The summed E-state index contributed by atoms with van der Waals surface area (Å²) >= 11 is 0. The van der Waals surface area contributed by atoms with Gasteiger partial charge in [-0.2, -0.15) is 0 Å². The van der Waals surface area contributed by atoms with Crippen LogP contribution in [0.5, 0.6) is 0 Å². The van der Waals surface area contributed by atoms with Crippen LogP contribution >= 0.6 is 0 Å². The number of carbonyl (C=O) groups is 2. The van der Waals surface area contributed by atoms with Crippen LogP contribution in [0.2, 0.25) is 0 Å². The van der Waals surface area contributed by atoms with Crippen LogP contribution < -0.4 is 0 Å². The molecule has 0 heterocycles. The minimum absolute atomic E-state index is 0.0937. The second-order valence-electron chi connectivity index (χ2n) is 5.45. The molecular formula is C17H18O3. The lowest BCUT2D eigenvalue weighted by Gasteiger charge is -2.34. The predicted octanol–water partition coefficient (Wildman–Crippen LogP) is 3.09. The molecule has 1 atom stereocenters. The van der Waals surface area contributed by atoms with Crippen LogP contribution in [0.1, 0.15) is 42.1 Å². The first-order chi connectivity index (χ1) is 9.69. The fraction of sp³-hybridized carbons (Fsp3) is 0.412. The van der Waals surface area contributed by atoms with Gasteiger partial charge in [-0.05, 0) is 38.2 Å². The Balaban J connectivity index is 2.00. The molecule has 0 bridgehead atoms. The third kappa shape index (κ3) is 1.80. The molecule has 0 radical (unpaired) electrons. The zero-order valence-electron chi connectivity index (χ0n) is 11.6. The summed E-state index contributed by atoms with van der Waals surface area (Å²) in [6, 6.07) is 7.72. The van der Waals surface area contributed by atoms with E-state index in [1.807, 2.05) is 30.3 Å². The molecule has 1 spiro atoms.